The first-order chi connectivity index (χ1) is 10.8. The molecule has 0 bridgehead atoms. The number of carbonyl (C=O) groups excluding carboxylic acids is 2. The molecule has 1 aromatic rings. The van der Waals surface area contributed by atoms with Gasteiger partial charge in [-0.25, -0.2) is 0 Å². The molecule has 0 saturated heterocycles. The second-order valence-corrected chi connectivity index (χ2v) is 4.98. The molecule has 2 rings (SSSR count). The molecule has 1 aliphatic heterocycles. The number of methoxy groups -OCH3 is 1. The second-order valence-electron chi connectivity index (χ2n) is 4.98. The summed E-state index contributed by atoms with van der Waals surface area (Å²) >= 11 is 0. The van der Waals surface area contributed by atoms with Crippen LogP contribution in [0.5, 0.6) is 0 Å². The van der Waals surface area contributed by atoms with Crippen LogP contribution in [0.3, 0.4) is 0 Å². The summed E-state index contributed by atoms with van der Waals surface area (Å²) in [4.78, 5) is 24.5. The minimum Gasteiger partial charge on any atom is -0.469 e. The molecule has 0 N–H and O–H groups in total. The molecule has 23 heavy (non-hydrogen) atoms. The topological polar surface area (TPSA) is 70.4 Å². The van der Waals surface area contributed by atoms with E-state index in [2.05, 4.69) is 4.74 Å². The number of ether oxygens (including phenoxy) is 1. The third kappa shape index (κ3) is 3.13. The maximum absolute atomic E-state index is 13.1. The van der Waals surface area contributed by atoms with Gasteiger partial charge in [-0.2, -0.15) is 18.4 Å². The van der Waals surface area contributed by atoms with Crippen molar-refractivity contribution in [3.63, 3.8) is 0 Å². The van der Waals surface area contributed by atoms with E-state index in [4.69, 9.17) is 0 Å². The standard InChI is InChI=1S/C15H13F3N2O3/c1-23-12(21)6-3-7-20-11(8-19)9-4-2-5-10(15(16,17)18)13(9)14(20)22/h2,4-5,11H,3,6-7H2,1H3. The summed E-state index contributed by atoms with van der Waals surface area (Å²) < 4.78 is 43.7. The van der Waals surface area contributed by atoms with Crippen LogP contribution in [0.2, 0.25) is 0 Å². The molecule has 122 valence electrons. The zero-order chi connectivity index (χ0) is 17.2. The van der Waals surface area contributed by atoms with Crippen LogP contribution in [0.4, 0.5) is 13.2 Å². The molecule has 1 atom stereocenters. The van der Waals surface area contributed by atoms with Crippen molar-refractivity contribution in [1.82, 2.24) is 4.90 Å². The van der Waals surface area contributed by atoms with Gasteiger partial charge in [0, 0.05) is 18.5 Å². The fourth-order valence-corrected chi connectivity index (χ4v) is 2.57. The first-order valence-electron chi connectivity index (χ1n) is 6.78. The van der Waals surface area contributed by atoms with Crippen molar-refractivity contribution in [2.75, 3.05) is 13.7 Å². The van der Waals surface area contributed by atoms with E-state index in [1.165, 1.54) is 19.2 Å². The molecule has 0 radical (unpaired) electrons. The largest absolute Gasteiger partial charge is 0.469 e. The Kier molecular flexibility index (Phi) is 4.59. The van der Waals surface area contributed by atoms with Gasteiger partial charge in [0.1, 0.15) is 6.04 Å². The molecule has 1 heterocycles. The highest BCUT2D eigenvalue weighted by molar-refractivity contribution is 6.01. The van der Waals surface area contributed by atoms with E-state index in [1.807, 2.05) is 6.07 Å². The Morgan fingerprint density at radius 3 is 2.70 bits per heavy atom. The van der Waals surface area contributed by atoms with Crippen molar-refractivity contribution >= 4 is 11.9 Å². The Hall–Kier alpha value is -2.56. The number of hydrogen-bond acceptors (Lipinski definition) is 4. The molecule has 0 saturated carbocycles. The predicted molar refractivity (Wildman–Crippen MR) is 72.1 cm³/mol. The van der Waals surface area contributed by atoms with Crippen LogP contribution in [0.15, 0.2) is 18.2 Å². The number of fused-ring (bicyclic) bond motifs is 1. The Labute approximate surface area is 130 Å². The summed E-state index contributed by atoms with van der Waals surface area (Å²) in [6, 6.07) is 4.11. The number of benzene rings is 1. The van der Waals surface area contributed by atoms with Gasteiger partial charge in [0.25, 0.3) is 5.91 Å². The average molecular weight is 326 g/mol. The monoisotopic (exact) mass is 326 g/mol. The van der Waals surface area contributed by atoms with Gasteiger partial charge in [-0.1, -0.05) is 12.1 Å². The maximum atomic E-state index is 13.1. The smallest absolute Gasteiger partial charge is 0.417 e. The maximum Gasteiger partial charge on any atom is 0.417 e. The van der Waals surface area contributed by atoms with Crippen LogP contribution in [-0.4, -0.2) is 30.4 Å². The Balaban J connectivity index is 2.31. The Morgan fingerprint density at radius 1 is 1.43 bits per heavy atom. The Morgan fingerprint density at radius 2 is 2.13 bits per heavy atom. The van der Waals surface area contributed by atoms with Crippen molar-refractivity contribution in [1.29, 1.82) is 5.26 Å². The summed E-state index contributed by atoms with van der Waals surface area (Å²) in [6.45, 7) is -0.00185. The van der Waals surface area contributed by atoms with Crippen molar-refractivity contribution in [2.24, 2.45) is 0 Å². The quantitative estimate of drug-likeness (QED) is 0.798. The molecule has 1 aromatic carbocycles. The van der Waals surface area contributed by atoms with E-state index in [0.717, 1.165) is 11.0 Å². The fraction of sp³-hybridized carbons (Fsp3) is 0.400. The number of esters is 1. The second kappa shape index (κ2) is 6.28. The molecule has 8 heteroatoms. The highest BCUT2D eigenvalue weighted by Gasteiger charge is 2.44. The molecule has 0 aliphatic carbocycles. The van der Waals surface area contributed by atoms with Crippen LogP contribution in [0.25, 0.3) is 0 Å². The van der Waals surface area contributed by atoms with Gasteiger partial charge in [-0.3, -0.25) is 9.59 Å². The molecule has 5 nitrogen and oxygen atoms in total. The Bertz CT molecular complexity index is 680. The van der Waals surface area contributed by atoms with Crippen molar-refractivity contribution < 1.29 is 27.5 Å². The molecular formula is C15H13F3N2O3. The highest BCUT2D eigenvalue weighted by Crippen LogP contribution is 2.41. The van der Waals surface area contributed by atoms with Crippen LogP contribution < -0.4 is 0 Å². The summed E-state index contributed by atoms with van der Waals surface area (Å²) in [5.74, 6) is -1.33. The number of nitrogens with zero attached hydrogens (tertiary/aromatic N) is 2. The summed E-state index contributed by atoms with van der Waals surface area (Å²) in [7, 11) is 1.22. The SMILES string of the molecule is COC(=O)CCCN1C(=O)c2c(cccc2C(F)(F)F)C1C#N. The van der Waals surface area contributed by atoms with Crippen molar-refractivity contribution in [2.45, 2.75) is 25.1 Å². The minimum atomic E-state index is -4.68. The fourth-order valence-electron chi connectivity index (χ4n) is 2.57. The lowest BCUT2D eigenvalue weighted by molar-refractivity contribution is -0.140. The first kappa shape index (κ1) is 16.8. The van der Waals surface area contributed by atoms with E-state index in [9.17, 15) is 28.0 Å². The normalized spacial score (nSPS) is 16.9. The molecular weight excluding hydrogens is 313 g/mol. The predicted octanol–water partition coefficient (Wildman–Crippen LogP) is 2.68. The van der Waals surface area contributed by atoms with Crippen LogP contribution >= 0.6 is 0 Å². The van der Waals surface area contributed by atoms with Crippen LogP contribution in [-0.2, 0) is 15.7 Å². The lowest BCUT2D eigenvalue weighted by Gasteiger charge is -2.19. The third-order valence-corrected chi connectivity index (χ3v) is 3.61. The molecule has 1 unspecified atom stereocenters. The number of hydrogen-bond donors (Lipinski definition) is 0. The minimum absolute atomic E-state index is 0.00185. The van der Waals surface area contributed by atoms with E-state index < -0.39 is 35.2 Å². The van der Waals surface area contributed by atoms with Gasteiger partial charge in [-0.15, -0.1) is 0 Å². The van der Waals surface area contributed by atoms with E-state index in [0.29, 0.717) is 0 Å². The van der Waals surface area contributed by atoms with Gasteiger partial charge in [-0.05, 0) is 12.5 Å². The molecule has 1 amide bonds. The van der Waals surface area contributed by atoms with Gasteiger partial charge < -0.3 is 9.64 Å². The first-order valence-corrected chi connectivity index (χ1v) is 6.78. The molecule has 0 aromatic heterocycles. The lowest BCUT2D eigenvalue weighted by atomic mass is 10.00. The highest BCUT2D eigenvalue weighted by atomic mass is 19.4. The summed E-state index contributed by atoms with van der Waals surface area (Å²) in [5, 5.41) is 9.23. The van der Waals surface area contributed by atoms with Crippen molar-refractivity contribution in [3.8, 4) is 6.07 Å². The summed E-state index contributed by atoms with van der Waals surface area (Å²) in [5.41, 5.74) is -1.48. The molecule has 1 aliphatic rings. The van der Waals surface area contributed by atoms with Gasteiger partial charge in [0.2, 0.25) is 0 Å². The van der Waals surface area contributed by atoms with Crippen LogP contribution in [0, 0.1) is 11.3 Å². The number of alkyl halides is 3. The molecule has 0 spiro atoms. The van der Waals surface area contributed by atoms with Gasteiger partial charge in [0.15, 0.2) is 0 Å². The third-order valence-electron chi connectivity index (χ3n) is 3.61. The zero-order valence-electron chi connectivity index (χ0n) is 12.2. The van der Waals surface area contributed by atoms with Gasteiger partial charge in [0.05, 0.1) is 24.3 Å². The van der Waals surface area contributed by atoms with E-state index >= 15 is 0 Å². The average Bonchev–Trinajstić information content (AvgIpc) is 2.78. The number of halogens is 3. The number of nitriles is 1. The van der Waals surface area contributed by atoms with E-state index in [-0.39, 0.29) is 24.9 Å². The molecule has 0 fully saturated rings. The number of carbonyl (C=O) groups is 2. The number of amides is 1. The van der Waals surface area contributed by atoms with E-state index in [1.54, 1.807) is 0 Å². The lowest BCUT2D eigenvalue weighted by Crippen LogP contribution is -2.29. The van der Waals surface area contributed by atoms with Gasteiger partial charge >= 0.3 is 12.1 Å². The van der Waals surface area contributed by atoms with Crippen LogP contribution in [0.1, 0.15) is 40.4 Å². The number of rotatable bonds is 4. The summed E-state index contributed by atoms with van der Waals surface area (Å²) in [6.07, 6.45) is -4.46. The van der Waals surface area contributed by atoms with Crippen molar-refractivity contribution in [3.05, 3.63) is 34.9 Å². The zero-order valence-corrected chi connectivity index (χ0v) is 12.2.